The van der Waals surface area contributed by atoms with Crippen molar-refractivity contribution in [3.8, 4) is 16.9 Å². The number of aryl methyl sites for hydroxylation is 1. The molecule has 3 aromatic rings. The zero-order valence-corrected chi connectivity index (χ0v) is 26.2. The van der Waals surface area contributed by atoms with Crippen molar-refractivity contribution in [1.29, 1.82) is 0 Å². The number of para-hydroxylation sites is 1. The van der Waals surface area contributed by atoms with Crippen molar-refractivity contribution in [2.24, 2.45) is 0 Å². The molecule has 0 bridgehead atoms. The number of carbonyl (C=O) groups excluding carboxylic acids is 1. The zero-order chi connectivity index (χ0) is 29.3. The molecule has 40 heavy (non-hydrogen) atoms. The smallest absolute Gasteiger partial charge is 0.252 e. The first-order chi connectivity index (χ1) is 19.4. The average Bonchev–Trinajstić information content (AvgIpc) is 3.45. The van der Waals surface area contributed by atoms with E-state index < -0.39 is 0 Å². The van der Waals surface area contributed by atoms with Crippen LogP contribution in [0.4, 0.5) is 0 Å². The molecule has 3 aromatic carbocycles. The van der Waals surface area contributed by atoms with E-state index in [4.69, 9.17) is 9.47 Å². The summed E-state index contributed by atoms with van der Waals surface area (Å²) in [4.78, 5) is 15.5. The SMILES string of the molecule is CC.COC1CCN(Cc2ccc(C(=O)NC(C)CCSC)c(-c3ccccc3C)c2)C1.COc1ccccc1. The van der Waals surface area contributed by atoms with Gasteiger partial charge in [0.25, 0.3) is 5.91 Å². The van der Waals surface area contributed by atoms with Gasteiger partial charge < -0.3 is 14.8 Å². The summed E-state index contributed by atoms with van der Waals surface area (Å²) in [5.41, 5.74) is 5.30. The lowest BCUT2D eigenvalue weighted by Gasteiger charge is -2.19. The number of hydrogen-bond acceptors (Lipinski definition) is 5. The summed E-state index contributed by atoms with van der Waals surface area (Å²) in [5, 5.41) is 3.19. The van der Waals surface area contributed by atoms with Gasteiger partial charge in [0, 0.05) is 38.3 Å². The largest absolute Gasteiger partial charge is 0.497 e. The number of ether oxygens (including phenoxy) is 2. The van der Waals surface area contributed by atoms with Crippen LogP contribution in [0, 0.1) is 6.92 Å². The normalized spacial score (nSPS) is 15.2. The molecule has 0 aromatic heterocycles. The second kappa shape index (κ2) is 18.5. The van der Waals surface area contributed by atoms with E-state index in [0.29, 0.717) is 6.10 Å². The molecule has 1 amide bonds. The van der Waals surface area contributed by atoms with Crippen molar-refractivity contribution >= 4 is 17.7 Å². The molecule has 0 saturated carbocycles. The molecule has 1 heterocycles. The number of thioether (sulfide) groups is 1. The molecule has 1 aliphatic heterocycles. The number of carbonyl (C=O) groups is 1. The van der Waals surface area contributed by atoms with E-state index in [1.54, 1.807) is 14.2 Å². The van der Waals surface area contributed by atoms with Crippen molar-refractivity contribution < 1.29 is 14.3 Å². The summed E-state index contributed by atoms with van der Waals surface area (Å²) in [6.45, 7) is 11.1. The average molecular weight is 565 g/mol. The van der Waals surface area contributed by atoms with Crippen LogP contribution < -0.4 is 10.1 Å². The maximum atomic E-state index is 13.1. The minimum Gasteiger partial charge on any atom is -0.497 e. The lowest BCUT2D eigenvalue weighted by atomic mass is 9.93. The first kappa shape index (κ1) is 33.4. The molecule has 4 rings (SSSR count). The van der Waals surface area contributed by atoms with Gasteiger partial charge in [0.1, 0.15) is 5.75 Å². The molecule has 2 unspecified atom stereocenters. The number of nitrogens with one attached hydrogen (secondary N) is 1. The standard InChI is InChI=1S/C25H34N2O2S.C7H8O.C2H6/c1-18-7-5-6-8-22(18)24-15-20(16-27-13-11-21(17-27)29-3)9-10-23(24)25(28)26-19(2)12-14-30-4;1-8-7-5-3-2-4-6-7;1-2/h5-10,15,19,21H,11-14,16-17H2,1-4H3,(H,26,28);2-6H,1H3;1-2H3. The lowest BCUT2D eigenvalue weighted by molar-refractivity contribution is 0.0940. The third-order valence-corrected chi connectivity index (χ3v) is 7.49. The van der Waals surface area contributed by atoms with Gasteiger partial charge in [-0.1, -0.05) is 62.4 Å². The number of benzene rings is 3. The molecule has 0 radical (unpaired) electrons. The van der Waals surface area contributed by atoms with Crippen LogP contribution >= 0.6 is 11.8 Å². The summed E-state index contributed by atoms with van der Waals surface area (Å²) in [6, 6.07) is 24.4. The predicted molar refractivity (Wildman–Crippen MR) is 172 cm³/mol. The van der Waals surface area contributed by atoms with Gasteiger partial charge in [-0.2, -0.15) is 11.8 Å². The summed E-state index contributed by atoms with van der Waals surface area (Å²) in [6.07, 6.45) is 4.47. The molecule has 2 atom stereocenters. The van der Waals surface area contributed by atoms with Crippen LogP contribution in [0.5, 0.6) is 5.75 Å². The molecular weight excluding hydrogens is 516 g/mol. The van der Waals surface area contributed by atoms with Crippen LogP contribution in [0.3, 0.4) is 0 Å². The molecule has 1 N–H and O–H groups in total. The second-order valence-electron chi connectivity index (χ2n) is 9.75. The number of methoxy groups -OCH3 is 2. The van der Waals surface area contributed by atoms with Gasteiger partial charge >= 0.3 is 0 Å². The van der Waals surface area contributed by atoms with E-state index >= 15 is 0 Å². The maximum absolute atomic E-state index is 13.1. The molecule has 1 saturated heterocycles. The molecule has 5 nitrogen and oxygen atoms in total. The number of hydrogen-bond donors (Lipinski definition) is 1. The van der Waals surface area contributed by atoms with E-state index in [1.807, 2.05) is 74.1 Å². The van der Waals surface area contributed by atoms with Crippen LogP contribution in [-0.4, -0.2) is 62.3 Å². The molecule has 0 aliphatic carbocycles. The fraction of sp³-hybridized carbons (Fsp3) is 0.441. The Morgan fingerprint density at radius 3 is 2.33 bits per heavy atom. The highest BCUT2D eigenvalue weighted by Gasteiger charge is 2.23. The van der Waals surface area contributed by atoms with E-state index in [1.165, 1.54) is 11.1 Å². The zero-order valence-electron chi connectivity index (χ0n) is 25.4. The molecular formula is C34H48N2O3S. The fourth-order valence-electron chi connectivity index (χ4n) is 4.60. The van der Waals surface area contributed by atoms with Crippen molar-refractivity contribution in [1.82, 2.24) is 10.2 Å². The third-order valence-electron chi connectivity index (χ3n) is 6.84. The summed E-state index contributed by atoms with van der Waals surface area (Å²) >= 11 is 1.81. The van der Waals surface area contributed by atoms with Crippen molar-refractivity contribution in [2.75, 3.05) is 39.3 Å². The van der Waals surface area contributed by atoms with Crippen LogP contribution in [0.1, 0.15) is 55.1 Å². The Morgan fingerprint density at radius 2 is 1.73 bits per heavy atom. The van der Waals surface area contributed by atoms with Crippen LogP contribution in [-0.2, 0) is 11.3 Å². The Morgan fingerprint density at radius 1 is 1.02 bits per heavy atom. The fourth-order valence-corrected chi connectivity index (χ4v) is 5.19. The Kier molecular flexibility index (Phi) is 15.5. The monoisotopic (exact) mass is 564 g/mol. The highest BCUT2D eigenvalue weighted by molar-refractivity contribution is 7.98. The van der Waals surface area contributed by atoms with E-state index in [2.05, 4.69) is 54.6 Å². The van der Waals surface area contributed by atoms with Gasteiger partial charge in [0.2, 0.25) is 0 Å². The Hall–Kier alpha value is -2.80. The summed E-state index contributed by atoms with van der Waals surface area (Å²) in [5.74, 6) is 1.96. The van der Waals surface area contributed by atoms with Gasteiger partial charge in [-0.15, -0.1) is 0 Å². The van der Waals surface area contributed by atoms with Gasteiger partial charge in [0.05, 0.1) is 13.2 Å². The molecule has 1 fully saturated rings. The summed E-state index contributed by atoms with van der Waals surface area (Å²) in [7, 11) is 3.45. The number of likely N-dealkylation sites (tertiary alicyclic amines) is 1. The first-order valence-corrected chi connectivity index (χ1v) is 15.7. The molecule has 6 heteroatoms. The van der Waals surface area contributed by atoms with E-state index in [-0.39, 0.29) is 11.9 Å². The van der Waals surface area contributed by atoms with Gasteiger partial charge in [0.15, 0.2) is 0 Å². The van der Waals surface area contributed by atoms with Crippen molar-refractivity contribution in [3.05, 3.63) is 89.5 Å². The predicted octanol–water partition coefficient (Wildman–Crippen LogP) is 7.48. The number of nitrogens with zero attached hydrogens (tertiary/aromatic N) is 1. The van der Waals surface area contributed by atoms with E-state index in [9.17, 15) is 4.79 Å². The van der Waals surface area contributed by atoms with Crippen molar-refractivity contribution in [2.45, 2.75) is 59.2 Å². The van der Waals surface area contributed by atoms with Gasteiger partial charge in [-0.3, -0.25) is 9.69 Å². The highest BCUT2D eigenvalue weighted by atomic mass is 32.2. The van der Waals surface area contributed by atoms with Crippen LogP contribution in [0.2, 0.25) is 0 Å². The molecule has 218 valence electrons. The second-order valence-corrected chi connectivity index (χ2v) is 10.7. The first-order valence-electron chi connectivity index (χ1n) is 14.3. The van der Waals surface area contributed by atoms with Gasteiger partial charge in [-0.05, 0) is 85.2 Å². The van der Waals surface area contributed by atoms with Crippen molar-refractivity contribution in [3.63, 3.8) is 0 Å². The lowest BCUT2D eigenvalue weighted by Crippen LogP contribution is -2.33. The molecule has 1 aliphatic rings. The highest BCUT2D eigenvalue weighted by Crippen LogP contribution is 2.29. The maximum Gasteiger partial charge on any atom is 0.252 e. The number of rotatable bonds is 10. The van der Waals surface area contributed by atoms with E-state index in [0.717, 1.165) is 60.7 Å². The number of amides is 1. The Balaban J connectivity index is 0.000000475. The topological polar surface area (TPSA) is 50.8 Å². The minimum absolute atomic E-state index is 0.00836. The quantitative estimate of drug-likeness (QED) is 0.277. The third kappa shape index (κ3) is 10.6. The Bertz CT molecular complexity index is 1140. The summed E-state index contributed by atoms with van der Waals surface area (Å²) < 4.78 is 10.4. The Labute approximate surface area is 246 Å². The minimum atomic E-state index is 0.00836. The van der Waals surface area contributed by atoms with Crippen LogP contribution in [0.15, 0.2) is 72.8 Å². The van der Waals surface area contributed by atoms with Crippen LogP contribution in [0.25, 0.3) is 11.1 Å². The molecule has 0 spiro atoms. The van der Waals surface area contributed by atoms with Gasteiger partial charge in [-0.25, -0.2) is 0 Å².